The smallest absolute Gasteiger partial charge is 0.340 e. The summed E-state index contributed by atoms with van der Waals surface area (Å²) in [5.41, 5.74) is 0.279. The number of thiophene rings is 1. The first-order chi connectivity index (χ1) is 12.3. The van der Waals surface area contributed by atoms with Gasteiger partial charge in [0.1, 0.15) is 5.75 Å². The number of Topliss-reactive ketones (excluding diaryl/α,β-unsaturated/α-hetero) is 1. The van der Waals surface area contributed by atoms with Crippen molar-refractivity contribution in [1.82, 2.24) is 5.32 Å². The maximum Gasteiger partial charge on any atom is 0.340 e. The summed E-state index contributed by atoms with van der Waals surface area (Å²) in [7, 11) is 1.50. The second kappa shape index (κ2) is 8.95. The first-order valence-corrected chi connectivity index (χ1v) is 9.34. The van der Waals surface area contributed by atoms with Gasteiger partial charge >= 0.3 is 5.97 Å². The second-order valence-corrected chi connectivity index (χ2v) is 7.46. The van der Waals surface area contributed by atoms with Crippen molar-refractivity contribution >= 4 is 44.9 Å². The highest BCUT2D eigenvalue weighted by Crippen LogP contribution is 2.24. The molecule has 0 saturated carbocycles. The summed E-state index contributed by atoms with van der Waals surface area (Å²) >= 11 is 4.55. The van der Waals surface area contributed by atoms with Crippen LogP contribution < -0.4 is 10.1 Å². The van der Waals surface area contributed by atoms with Crippen molar-refractivity contribution in [1.29, 1.82) is 0 Å². The van der Waals surface area contributed by atoms with Crippen molar-refractivity contribution in [2.24, 2.45) is 0 Å². The quantitative estimate of drug-likeness (QED) is 0.526. The first-order valence-electron chi connectivity index (χ1n) is 7.73. The predicted molar refractivity (Wildman–Crippen MR) is 102 cm³/mol. The van der Waals surface area contributed by atoms with Crippen molar-refractivity contribution in [3.63, 3.8) is 0 Å². The number of ether oxygens (including phenoxy) is 2. The van der Waals surface area contributed by atoms with E-state index in [2.05, 4.69) is 21.2 Å². The van der Waals surface area contributed by atoms with Gasteiger partial charge in [0.25, 0.3) is 0 Å². The normalized spacial score (nSPS) is 11.5. The molecule has 1 amide bonds. The number of esters is 1. The summed E-state index contributed by atoms with van der Waals surface area (Å²) < 4.78 is 11.0. The molecule has 1 aromatic heterocycles. The molecule has 138 valence electrons. The first kappa shape index (κ1) is 20.1. The second-order valence-electron chi connectivity index (χ2n) is 5.43. The molecule has 6 nitrogen and oxygen atoms in total. The van der Waals surface area contributed by atoms with E-state index in [-0.39, 0.29) is 17.3 Å². The topological polar surface area (TPSA) is 81.7 Å². The standard InChI is InChI=1S/C18H18BrNO5S/c1-10(17(22)16-7-5-13(26-16)9-20-11(2)21)25-18(23)14-8-12(24-3)4-6-15(14)19/h4-8,10H,9H2,1-3H3,(H,20,21). The molecular weight excluding hydrogens is 422 g/mol. The van der Waals surface area contributed by atoms with Gasteiger partial charge in [-0.25, -0.2) is 4.79 Å². The van der Waals surface area contributed by atoms with Crippen LogP contribution in [0.3, 0.4) is 0 Å². The van der Waals surface area contributed by atoms with E-state index in [0.29, 0.717) is 21.6 Å². The van der Waals surface area contributed by atoms with Gasteiger partial charge in [0.2, 0.25) is 11.7 Å². The van der Waals surface area contributed by atoms with Crippen LogP contribution in [0.4, 0.5) is 0 Å². The highest BCUT2D eigenvalue weighted by atomic mass is 79.9. The van der Waals surface area contributed by atoms with Crippen molar-refractivity contribution < 1.29 is 23.9 Å². The van der Waals surface area contributed by atoms with Gasteiger partial charge in [-0.05, 0) is 53.2 Å². The lowest BCUT2D eigenvalue weighted by atomic mass is 10.2. The molecule has 1 heterocycles. The molecule has 0 aliphatic heterocycles. The fourth-order valence-corrected chi connectivity index (χ4v) is 3.46. The van der Waals surface area contributed by atoms with Crippen molar-refractivity contribution in [3.05, 3.63) is 50.1 Å². The number of ketones is 1. The molecule has 1 aromatic carbocycles. The Morgan fingerprint density at radius 1 is 1.23 bits per heavy atom. The van der Waals surface area contributed by atoms with Crippen molar-refractivity contribution in [3.8, 4) is 5.75 Å². The molecule has 0 saturated heterocycles. The molecule has 26 heavy (non-hydrogen) atoms. The Bertz CT molecular complexity index is 833. The molecule has 1 unspecified atom stereocenters. The minimum Gasteiger partial charge on any atom is -0.497 e. The van der Waals surface area contributed by atoms with Crippen molar-refractivity contribution in [2.75, 3.05) is 7.11 Å². The highest BCUT2D eigenvalue weighted by molar-refractivity contribution is 9.10. The maximum absolute atomic E-state index is 12.5. The predicted octanol–water partition coefficient (Wildman–Crippen LogP) is 3.58. The molecule has 0 bridgehead atoms. The molecule has 2 aromatic rings. The van der Waals surface area contributed by atoms with E-state index >= 15 is 0 Å². The molecule has 0 spiro atoms. The summed E-state index contributed by atoms with van der Waals surface area (Å²) in [5.74, 6) is -0.541. The number of methoxy groups -OCH3 is 1. The zero-order chi connectivity index (χ0) is 19.3. The van der Waals surface area contributed by atoms with Crippen LogP contribution in [0.2, 0.25) is 0 Å². The van der Waals surface area contributed by atoms with Crippen LogP contribution in [0.5, 0.6) is 5.75 Å². The number of rotatable bonds is 7. The van der Waals surface area contributed by atoms with E-state index in [1.54, 1.807) is 30.3 Å². The summed E-state index contributed by atoms with van der Waals surface area (Å²) in [5, 5.41) is 2.67. The SMILES string of the molecule is COc1ccc(Br)c(C(=O)OC(C)C(=O)c2ccc(CNC(C)=O)s2)c1. The molecule has 0 radical (unpaired) electrons. The van der Waals surface area contributed by atoms with Crippen molar-refractivity contribution in [2.45, 2.75) is 26.5 Å². The minimum atomic E-state index is -0.937. The van der Waals surface area contributed by atoms with E-state index < -0.39 is 12.1 Å². The monoisotopic (exact) mass is 439 g/mol. The van der Waals surface area contributed by atoms with Gasteiger partial charge in [0.05, 0.1) is 24.1 Å². The number of halogens is 1. The van der Waals surface area contributed by atoms with Gasteiger partial charge in [-0.15, -0.1) is 11.3 Å². The Labute approximate surface area is 163 Å². The molecule has 2 rings (SSSR count). The summed E-state index contributed by atoms with van der Waals surface area (Å²) in [6.07, 6.45) is -0.937. The Morgan fingerprint density at radius 3 is 2.62 bits per heavy atom. The number of nitrogens with one attached hydrogen (secondary N) is 1. The number of benzene rings is 1. The summed E-state index contributed by atoms with van der Waals surface area (Å²) in [6, 6.07) is 8.35. The van der Waals surface area contributed by atoms with Crippen LogP contribution in [0, 0.1) is 0 Å². The van der Waals surface area contributed by atoms with E-state index in [9.17, 15) is 14.4 Å². The Hall–Kier alpha value is -2.19. The molecule has 1 atom stereocenters. The Morgan fingerprint density at radius 2 is 1.96 bits per heavy atom. The third kappa shape index (κ3) is 5.15. The van der Waals surface area contributed by atoms with E-state index in [4.69, 9.17) is 9.47 Å². The highest BCUT2D eigenvalue weighted by Gasteiger charge is 2.23. The molecule has 8 heteroatoms. The van der Waals surface area contributed by atoms with E-state index in [1.807, 2.05) is 0 Å². The van der Waals surface area contributed by atoms with Crippen LogP contribution in [0.25, 0.3) is 0 Å². The lowest BCUT2D eigenvalue weighted by Gasteiger charge is -2.13. The van der Waals surface area contributed by atoms with Gasteiger partial charge in [0, 0.05) is 16.3 Å². The average molecular weight is 440 g/mol. The number of hydrogen-bond donors (Lipinski definition) is 1. The van der Waals surface area contributed by atoms with Crippen LogP contribution in [-0.4, -0.2) is 30.9 Å². The van der Waals surface area contributed by atoms with Crippen LogP contribution in [0.1, 0.15) is 38.8 Å². The fraction of sp³-hybridized carbons (Fsp3) is 0.278. The Balaban J connectivity index is 2.05. The number of carbonyl (C=O) groups excluding carboxylic acids is 3. The lowest BCUT2D eigenvalue weighted by Crippen LogP contribution is -2.24. The number of carbonyl (C=O) groups is 3. The molecule has 0 aliphatic carbocycles. The molecule has 0 fully saturated rings. The third-order valence-electron chi connectivity index (χ3n) is 3.46. The van der Waals surface area contributed by atoms with Crippen LogP contribution in [-0.2, 0) is 16.1 Å². The lowest BCUT2D eigenvalue weighted by molar-refractivity contribution is -0.119. The van der Waals surface area contributed by atoms with Gasteiger partial charge in [-0.2, -0.15) is 0 Å². The van der Waals surface area contributed by atoms with Crippen LogP contribution >= 0.6 is 27.3 Å². The van der Waals surface area contributed by atoms with Gasteiger partial charge in [-0.3, -0.25) is 9.59 Å². The molecule has 0 aliphatic rings. The van der Waals surface area contributed by atoms with E-state index in [1.165, 1.54) is 32.3 Å². The number of hydrogen-bond acceptors (Lipinski definition) is 6. The van der Waals surface area contributed by atoms with Crippen LogP contribution in [0.15, 0.2) is 34.8 Å². The fourth-order valence-electron chi connectivity index (χ4n) is 2.08. The van der Waals surface area contributed by atoms with Gasteiger partial charge in [0.15, 0.2) is 6.10 Å². The molecule has 1 N–H and O–H groups in total. The summed E-state index contributed by atoms with van der Waals surface area (Å²) in [6.45, 7) is 3.32. The van der Waals surface area contributed by atoms with E-state index in [0.717, 1.165) is 4.88 Å². The van der Waals surface area contributed by atoms with Gasteiger partial charge in [-0.1, -0.05) is 0 Å². The average Bonchev–Trinajstić information content (AvgIpc) is 3.08. The maximum atomic E-state index is 12.5. The minimum absolute atomic E-state index is 0.141. The zero-order valence-corrected chi connectivity index (χ0v) is 16.9. The van der Waals surface area contributed by atoms with Gasteiger partial charge < -0.3 is 14.8 Å². The zero-order valence-electron chi connectivity index (χ0n) is 14.5. The largest absolute Gasteiger partial charge is 0.497 e. The Kier molecular flexibility index (Phi) is 6.93. The summed E-state index contributed by atoms with van der Waals surface area (Å²) in [4.78, 5) is 37.1. The third-order valence-corrected chi connectivity index (χ3v) is 5.25. The number of amides is 1. The molecular formula is C18H18BrNO5S.